The van der Waals surface area contributed by atoms with Crippen LogP contribution in [0.3, 0.4) is 0 Å². The van der Waals surface area contributed by atoms with Crippen LogP contribution in [0.4, 0.5) is 5.69 Å². The summed E-state index contributed by atoms with van der Waals surface area (Å²) < 4.78 is 0. The smallest absolute Gasteiger partial charge is 0.191 e. The number of aromatic nitrogens is 1. The molecular formula is C15H16N4S. The second-order valence-electron chi connectivity index (χ2n) is 4.38. The summed E-state index contributed by atoms with van der Waals surface area (Å²) in [6.45, 7) is 4.08. The second-order valence-corrected chi connectivity index (χ2v) is 4.79. The largest absolute Gasteiger partial charge is 0.331 e. The standard InChI is InChI=1S/C15H16N4S/c1-11-5-3-6-12(2)14(11)18-15(20)19-17-10-13-7-4-8-16-9-13/h3-10H,1-2H3,(H2,18,19,20)/b17-10-. The van der Waals surface area contributed by atoms with Crippen molar-refractivity contribution in [2.45, 2.75) is 13.8 Å². The highest BCUT2D eigenvalue weighted by atomic mass is 32.1. The lowest BCUT2D eigenvalue weighted by atomic mass is 10.1. The number of pyridine rings is 1. The van der Waals surface area contributed by atoms with Gasteiger partial charge in [0.2, 0.25) is 0 Å². The Labute approximate surface area is 123 Å². The maximum absolute atomic E-state index is 5.22. The third-order valence-corrected chi connectivity index (χ3v) is 2.98. The summed E-state index contributed by atoms with van der Waals surface area (Å²) in [6.07, 6.45) is 5.12. The molecule has 0 atom stereocenters. The molecule has 0 aliphatic carbocycles. The first-order valence-corrected chi connectivity index (χ1v) is 6.64. The van der Waals surface area contributed by atoms with Gasteiger partial charge in [0.1, 0.15) is 0 Å². The fraction of sp³-hybridized carbons (Fsp3) is 0.133. The van der Waals surface area contributed by atoms with Gasteiger partial charge in [-0.3, -0.25) is 10.4 Å². The lowest BCUT2D eigenvalue weighted by Crippen LogP contribution is -2.24. The SMILES string of the molecule is Cc1cccc(C)c1NC(=S)N/N=C\c1cccnc1. The Kier molecular flexibility index (Phi) is 4.79. The Morgan fingerprint density at radius 2 is 1.95 bits per heavy atom. The van der Waals surface area contributed by atoms with Crippen LogP contribution in [0.5, 0.6) is 0 Å². The fourth-order valence-electron chi connectivity index (χ4n) is 1.77. The molecule has 2 N–H and O–H groups in total. The molecule has 0 saturated heterocycles. The van der Waals surface area contributed by atoms with Gasteiger partial charge in [0, 0.05) is 23.6 Å². The number of thiocarbonyl (C=S) groups is 1. The molecule has 0 spiro atoms. The number of nitrogens with one attached hydrogen (secondary N) is 2. The number of hydrazone groups is 1. The number of hydrogen-bond acceptors (Lipinski definition) is 3. The lowest BCUT2D eigenvalue weighted by molar-refractivity contribution is 1.05. The van der Waals surface area contributed by atoms with Gasteiger partial charge in [-0.2, -0.15) is 5.10 Å². The maximum atomic E-state index is 5.22. The van der Waals surface area contributed by atoms with E-state index in [2.05, 4.69) is 20.8 Å². The molecule has 102 valence electrons. The van der Waals surface area contributed by atoms with Gasteiger partial charge in [0.05, 0.1) is 6.21 Å². The van der Waals surface area contributed by atoms with Crippen molar-refractivity contribution in [2.75, 3.05) is 5.32 Å². The summed E-state index contributed by atoms with van der Waals surface area (Å²) in [5.41, 5.74) is 7.01. The van der Waals surface area contributed by atoms with E-state index >= 15 is 0 Å². The molecule has 5 heteroatoms. The van der Waals surface area contributed by atoms with Crippen LogP contribution in [0.1, 0.15) is 16.7 Å². The minimum atomic E-state index is 0.461. The van der Waals surface area contributed by atoms with Crippen molar-refractivity contribution in [1.29, 1.82) is 0 Å². The van der Waals surface area contributed by atoms with Gasteiger partial charge in [0.25, 0.3) is 0 Å². The van der Waals surface area contributed by atoms with Crippen molar-refractivity contribution in [3.63, 3.8) is 0 Å². The molecule has 0 saturated carbocycles. The van der Waals surface area contributed by atoms with Crippen molar-refractivity contribution >= 4 is 29.2 Å². The average molecular weight is 284 g/mol. The van der Waals surface area contributed by atoms with E-state index in [4.69, 9.17) is 12.2 Å². The molecule has 1 aromatic carbocycles. The van der Waals surface area contributed by atoms with Crippen molar-refractivity contribution < 1.29 is 0 Å². The minimum absolute atomic E-state index is 0.461. The third kappa shape index (κ3) is 3.86. The summed E-state index contributed by atoms with van der Waals surface area (Å²) in [6, 6.07) is 9.87. The van der Waals surface area contributed by atoms with Crippen molar-refractivity contribution in [3.05, 3.63) is 59.4 Å². The van der Waals surface area contributed by atoms with Gasteiger partial charge < -0.3 is 5.32 Å². The van der Waals surface area contributed by atoms with Gasteiger partial charge in [0.15, 0.2) is 5.11 Å². The van der Waals surface area contributed by atoms with Crippen LogP contribution in [0.15, 0.2) is 47.8 Å². The molecule has 1 aromatic heterocycles. The molecule has 0 amide bonds. The number of hydrogen-bond donors (Lipinski definition) is 2. The Bertz CT molecular complexity index is 603. The zero-order chi connectivity index (χ0) is 14.4. The number of rotatable bonds is 3. The predicted molar refractivity (Wildman–Crippen MR) is 87.1 cm³/mol. The van der Waals surface area contributed by atoms with Crippen LogP contribution >= 0.6 is 12.2 Å². The highest BCUT2D eigenvalue weighted by Gasteiger charge is 2.03. The first-order chi connectivity index (χ1) is 9.66. The molecule has 0 unspecified atom stereocenters. The van der Waals surface area contributed by atoms with E-state index in [1.54, 1.807) is 18.6 Å². The molecule has 0 aliphatic heterocycles. The van der Waals surface area contributed by atoms with Crippen LogP contribution in [-0.4, -0.2) is 16.3 Å². The molecule has 2 rings (SSSR count). The average Bonchev–Trinajstić information content (AvgIpc) is 2.44. The van der Waals surface area contributed by atoms with Crippen LogP contribution in [0, 0.1) is 13.8 Å². The van der Waals surface area contributed by atoms with E-state index in [1.807, 2.05) is 44.2 Å². The summed E-state index contributed by atoms with van der Waals surface area (Å²) >= 11 is 5.22. The minimum Gasteiger partial charge on any atom is -0.331 e. The van der Waals surface area contributed by atoms with E-state index in [0.717, 1.165) is 22.4 Å². The first-order valence-electron chi connectivity index (χ1n) is 6.23. The molecule has 0 bridgehead atoms. The topological polar surface area (TPSA) is 49.3 Å². The summed E-state index contributed by atoms with van der Waals surface area (Å²) in [7, 11) is 0. The molecule has 0 radical (unpaired) electrons. The Morgan fingerprint density at radius 1 is 1.20 bits per heavy atom. The normalized spacial score (nSPS) is 10.5. The Hall–Kier alpha value is -2.27. The van der Waals surface area contributed by atoms with Gasteiger partial charge in [-0.25, -0.2) is 0 Å². The predicted octanol–water partition coefficient (Wildman–Crippen LogP) is 3.02. The number of nitrogens with zero attached hydrogens (tertiary/aromatic N) is 2. The van der Waals surface area contributed by atoms with Crippen molar-refractivity contribution in [2.24, 2.45) is 5.10 Å². The Balaban J connectivity index is 1.95. The number of para-hydroxylation sites is 1. The number of benzene rings is 1. The molecular weight excluding hydrogens is 268 g/mol. The van der Waals surface area contributed by atoms with Gasteiger partial charge in [-0.1, -0.05) is 24.3 Å². The first kappa shape index (κ1) is 14.1. The summed E-state index contributed by atoms with van der Waals surface area (Å²) in [5.74, 6) is 0. The fourth-order valence-corrected chi connectivity index (χ4v) is 1.93. The van der Waals surface area contributed by atoms with E-state index < -0.39 is 0 Å². The summed E-state index contributed by atoms with van der Waals surface area (Å²) in [5, 5.41) is 7.69. The van der Waals surface area contributed by atoms with Crippen molar-refractivity contribution in [3.8, 4) is 0 Å². The number of anilines is 1. The van der Waals surface area contributed by atoms with Crippen LogP contribution in [-0.2, 0) is 0 Å². The second kappa shape index (κ2) is 6.77. The third-order valence-electron chi connectivity index (χ3n) is 2.78. The molecule has 0 aliphatic rings. The van der Waals surface area contributed by atoms with E-state index in [-0.39, 0.29) is 0 Å². The molecule has 4 nitrogen and oxygen atoms in total. The van der Waals surface area contributed by atoms with Gasteiger partial charge >= 0.3 is 0 Å². The molecule has 20 heavy (non-hydrogen) atoms. The molecule has 1 heterocycles. The maximum Gasteiger partial charge on any atom is 0.191 e. The van der Waals surface area contributed by atoms with Gasteiger partial charge in [-0.05, 0) is 43.3 Å². The number of aryl methyl sites for hydroxylation is 2. The van der Waals surface area contributed by atoms with Gasteiger partial charge in [-0.15, -0.1) is 0 Å². The zero-order valence-corrected chi connectivity index (χ0v) is 12.2. The Morgan fingerprint density at radius 3 is 2.60 bits per heavy atom. The zero-order valence-electron chi connectivity index (χ0n) is 11.4. The summed E-state index contributed by atoms with van der Waals surface area (Å²) in [4.78, 5) is 4.01. The highest BCUT2D eigenvalue weighted by Crippen LogP contribution is 2.18. The molecule has 2 aromatic rings. The van der Waals surface area contributed by atoms with E-state index in [1.165, 1.54) is 0 Å². The van der Waals surface area contributed by atoms with E-state index in [9.17, 15) is 0 Å². The van der Waals surface area contributed by atoms with E-state index in [0.29, 0.717) is 5.11 Å². The lowest BCUT2D eigenvalue weighted by Gasteiger charge is -2.12. The van der Waals surface area contributed by atoms with Crippen LogP contribution in [0.2, 0.25) is 0 Å². The van der Waals surface area contributed by atoms with Crippen molar-refractivity contribution in [1.82, 2.24) is 10.4 Å². The van der Waals surface area contributed by atoms with Crippen LogP contribution in [0.25, 0.3) is 0 Å². The quantitative estimate of drug-likeness (QED) is 0.517. The highest BCUT2D eigenvalue weighted by molar-refractivity contribution is 7.80. The molecule has 0 fully saturated rings. The monoisotopic (exact) mass is 284 g/mol. The van der Waals surface area contributed by atoms with Crippen LogP contribution < -0.4 is 10.7 Å².